The SMILES string of the molecule is C=CCN1CC(=O)N2[C@@H](Cc3ccc(O)cc3)C(=O)N(Cc3cccnc3-c3cccc(OC)c3)C[C@@H]2N1C(=O)NCc1ccccc1. The quantitative estimate of drug-likeness (QED) is 0.248. The Bertz CT molecular complexity index is 1780. The molecule has 0 spiro atoms. The zero-order valence-corrected chi connectivity index (χ0v) is 26.7. The maximum Gasteiger partial charge on any atom is 0.334 e. The van der Waals surface area contributed by atoms with Gasteiger partial charge in [0.25, 0.3) is 0 Å². The topological polar surface area (TPSA) is 119 Å². The first kappa shape index (κ1) is 32.3. The summed E-state index contributed by atoms with van der Waals surface area (Å²) in [6, 6.07) is 26.2. The lowest BCUT2D eigenvalue weighted by Gasteiger charge is -2.55. The first-order valence-corrected chi connectivity index (χ1v) is 15.8. The highest BCUT2D eigenvalue weighted by atomic mass is 16.5. The lowest BCUT2D eigenvalue weighted by atomic mass is 9.97. The van der Waals surface area contributed by atoms with Crippen molar-refractivity contribution in [2.75, 3.05) is 26.7 Å². The van der Waals surface area contributed by atoms with E-state index in [-0.39, 0.29) is 62.7 Å². The summed E-state index contributed by atoms with van der Waals surface area (Å²) in [7, 11) is 1.60. The van der Waals surface area contributed by atoms with Crippen molar-refractivity contribution in [1.29, 1.82) is 0 Å². The second kappa shape index (κ2) is 14.4. The maximum absolute atomic E-state index is 14.4. The predicted molar refractivity (Wildman–Crippen MR) is 180 cm³/mol. The van der Waals surface area contributed by atoms with Gasteiger partial charge in [0, 0.05) is 37.8 Å². The Kier molecular flexibility index (Phi) is 9.67. The van der Waals surface area contributed by atoms with Gasteiger partial charge in [-0.3, -0.25) is 14.6 Å². The summed E-state index contributed by atoms with van der Waals surface area (Å²) in [4.78, 5) is 50.3. The highest BCUT2D eigenvalue weighted by Gasteiger charge is 2.51. The fourth-order valence-corrected chi connectivity index (χ4v) is 6.36. The van der Waals surface area contributed by atoms with Gasteiger partial charge in [-0.1, -0.05) is 66.7 Å². The summed E-state index contributed by atoms with van der Waals surface area (Å²) >= 11 is 0. The van der Waals surface area contributed by atoms with Gasteiger partial charge in [0.05, 0.1) is 25.9 Å². The van der Waals surface area contributed by atoms with Gasteiger partial charge in [-0.15, -0.1) is 6.58 Å². The number of hydrogen-bond donors (Lipinski definition) is 2. The molecule has 4 aromatic rings. The molecule has 2 atom stereocenters. The van der Waals surface area contributed by atoms with E-state index < -0.39 is 12.2 Å². The van der Waals surface area contributed by atoms with Gasteiger partial charge in [-0.05, 0) is 47.0 Å². The molecule has 6 rings (SSSR count). The van der Waals surface area contributed by atoms with Crippen LogP contribution in [0.15, 0.2) is 110 Å². The van der Waals surface area contributed by atoms with E-state index in [4.69, 9.17) is 4.74 Å². The van der Waals surface area contributed by atoms with Crippen molar-refractivity contribution in [3.8, 4) is 22.8 Å². The number of hydrazine groups is 1. The summed E-state index contributed by atoms with van der Waals surface area (Å²) in [6.45, 7) is 4.59. The minimum Gasteiger partial charge on any atom is -0.508 e. The number of phenols is 1. The number of pyridine rings is 1. The number of amides is 4. The number of rotatable bonds is 10. The summed E-state index contributed by atoms with van der Waals surface area (Å²) < 4.78 is 5.44. The number of urea groups is 1. The van der Waals surface area contributed by atoms with Crippen LogP contribution in [0.1, 0.15) is 16.7 Å². The molecule has 3 heterocycles. The maximum atomic E-state index is 14.4. The molecular formula is C37H38N6O5. The number of aromatic nitrogens is 1. The van der Waals surface area contributed by atoms with E-state index in [1.807, 2.05) is 66.7 Å². The van der Waals surface area contributed by atoms with Crippen LogP contribution in [0.5, 0.6) is 11.5 Å². The molecule has 1 aromatic heterocycles. The molecule has 4 amide bonds. The summed E-state index contributed by atoms with van der Waals surface area (Å²) in [5.41, 5.74) is 4.04. The van der Waals surface area contributed by atoms with Crippen molar-refractivity contribution in [3.05, 3.63) is 127 Å². The molecule has 2 fully saturated rings. The van der Waals surface area contributed by atoms with Gasteiger partial charge >= 0.3 is 6.03 Å². The van der Waals surface area contributed by atoms with Crippen LogP contribution in [0.25, 0.3) is 11.3 Å². The Morgan fingerprint density at radius 1 is 1.02 bits per heavy atom. The number of ether oxygens (including phenoxy) is 1. The highest BCUT2D eigenvalue weighted by Crippen LogP contribution is 2.32. The number of hydrogen-bond acceptors (Lipinski definition) is 7. The molecule has 0 saturated carbocycles. The van der Waals surface area contributed by atoms with Crippen molar-refractivity contribution in [2.45, 2.75) is 31.7 Å². The summed E-state index contributed by atoms with van der Waals surface area (Å²) in [5, 5.41) is 16.1. The molecule has 11 heteroatoms. The number of methoxy groups -OCH3 is 1. The normalized spacial score (nSPS) is 18.0. The number of piperazine rings is 1. The van der Waals surface area contributed by atoms with Gasteiger partial charge in [0.15, 0.2) is 0 Å². The molecular weight excluding hydrogens is 608 g/mol. The van der Waals surface area contributed by atoms with Crippen LogP contribution >= 0.6 is 0 Å². The molecule has 2 aliphatic heterocycles. The Labute approximate surface area is 279 Å². The number of nitrogens with one attached hydrogen (secondary N) is 1. The van der Waals surface area contributed by atoms with Crippen molar-refractivity contribution in [2.24, 2.45) is 0 Å². The van der Waals surface area contributed by atoms with Crippen LogP contribution in [0.2, 0.25) is 0 Å². The van der Waals surface area contributed by atoms with E-state index in [0.717, 1.165) is 22.3 Å². The van der Waals surface area contributed by atoms with Crippen molar-refractivity contribution < 1.29 is 24.2 Å². The largest absolute Gasteiger partial charge is 0.508 e. The van der Waals surface area contributed by atoms with Gasteiger partial charge in [-0.25, -0.2) is 14.8 Å². The number of nitrogens with zero attached hydrogens (tertiary/aromatic N) is 5. The molecule has 0 radical (unpaired) electrons. The lowest BCUT2D eigenvalue weighted by molar-refractivity contribution is -0.189. The highest BCUT2D eigenvalue weighted by molar-refractivity contribution is 5.92. The Morgan fingerprint density at radius 3 is 2.56 bits per heavy atom. The summed E-state index contributed by atoms with van der Waals surface area (Å²) in [6.07, 6.45) is 2.76. The van der Waals surface area contributed by atoms with Crippen LogP contribution in [0.4, 0.5) is 4.79 Å². The van der Waals surface area contributed by atoms with Crippen LogP contribution in [0, 0.1) is 0 Å². The molecule has 2 aliphatic rings. The Morgan fingerprint density at radius 2 is 1.81 bits per heavy atom. The van der Waals surface area contributed by atoms with Crippen LogP contribution < -0.4 is 10.1 Å². The minimum absolute atomic E-state index is 0.0789. The Hall–Kier alpha value is -5.68. The van der Waals surface area contributed by atoms with E-state index in [2.05, 4.69) is 16.9 Å². The van der Waals surface area contributed by atoms with Gasteiger partial charge < -0.3 is 25.0 Å². The first-order valence-electron chi connectivity index (χ1n) is 15.8. The number of carbonyl (C=O) groups is 3. The fraction of sp³-hybridized carbons (Fsp3) is 0.243. The average molecular weight is 647 g/mol. The van der Waals surface area contributed by atoms with E-state index in [0.29, 0.717) is 11.4 Å². The number of phenolic OH excluding ortho intramolecular Hbond substituents is 1. The standard InChI is InChI=1S/C37H38N6O5/c1-3-19-41-25-34(45)42-32(20-26-14-16-30(44)17-15-26)36(46)40(24-33(42)43(41)37(47)39-22-27-9-5-4-6-10-27)23-29-12-8-18-38-35(29)28-11-7-13-31(21-28)48-2/h3-18,21,32-33,44H,1,19-20,22-25H2,2H3,(H,39,47)/t32-,33-/m0/s1. The van der Waals surface area contributed by atoms with E-state index in [9.17, 15) is 19.5 Å². The smallest absolute Gasteiger partial charge is 0.334 e. The lowest BCUT2D eigenvalue weighted by Crippen LogP contribution is -2.76. The molecule has 0 bridgehead atoms. The van der Waals surface area contributed by atoms with Crippen molar-refractivity contribution >= 4 is 17.8 Å². The predicted octanol–water partition coefficient (Wildman–Crippen LogP) is 4.20. The Balaban J connectivity index is 1.37. The number of fused-ring (bicyclic) bond motifs is 1. The molecule has 2 saturated heterocycles. The van der Waals surface area contributed by atoms with E-state index in [1.54, 1.807) is 63.5 Å². The third-order valence-corrected chi connectivity index (χ3v) is 8.63. The van der Waals surface area contributed by atoms with Crippen molar-refractivity contribution in [1.82, 2.24) is 30.1 Å². The van der Waals surface area contributed by atoms with Gasteiger partial charge in [0.1, 0.15) is 23.7 Å². The zero-order valence-electron chi connectivity index (χ0n) is 26.7. The van der Waals surface area contributed by atoms with Gasteiger partial charge in [-0.2, -0.15) is 0 Å². The van der Waals surface area contributed by atoms with Crippen LogP contribution in [-0.4, -0.2) is 86.7 Å². The number of carbonyl (C=O) groups excluding carboxylic acids is 3. The second-order valence-corrected chi connectivity index (χ2v) is 11.8. The minimum atomic E-state index is -0.895. The van der Waals surface area contributed by atoms with Crippen LogP contribution in [-0.2, 0) is 29.1 Å². The van der Waals surface area contributed by atoms with Crippen molar-refractivity contribution in [3.63, 3.8) is 0 Å². The molecule has 246 valence electrons. The zero-order chi connectivity index (χ0) is 33.6. The molecule has 0 unspecified atom stereocenters. The number of benzene rings is 3. The molecule has 3 aromatic carbocycles. The molecule has 48 heavy (non-hydrogen) atoms. The number of aromatic hydroxyl groups is 1. The summed E-state index contributed by atoms with van der Waals surface area (Å²) in [5.74, 6) is 0.285. The third kappa shape index (κ3) is 6.86. The van der Waals surface area contributed by atoms with E-state index >= 15 is 0 Å². The van der Waals surface area contributed by atoms with Gasteiger partial charge in [0.2, 0.25) is 11.8 Å². The fourth-order valence-electron chi connectivity index (χ4n) is 6.36. The average Bonchev–Trinajstić information content (AvgIpc) is 3.10. The molecule has 2 N–H and O–H groups in total. The molecule has 0 aliphatic carbocycles. The van der Waals surface area contributed by atoms with Crippen LogP contribution in [0.3, 0.4) is 0 Å². The van der Waals surface area contributed by atoms with E-state index in [1.165, 1.54) is 0 Å². The first-order chi connectivity index (χ1) is 23.4. The molecule has 11 nitrogen and oxygen atoms in total. The monoisotopic (exact) mass is 646 g/mol. The third-order valence-electron chi connectivity index (χ3n) is 8.63. The second-order valence-electron chi connectivity index (χ2n) is 11.8.